The second-order valence-electron chi connectivity index (χ2n) is 7.94. The molecular formula is C26H22N6O. The topological polar surface area (TPSA) is 102 Å². The van der Waals surface area contributed by atoms with E-state index in [1.165, 1.54) is 0 Å². The zero-order valence-corrected chi connectivity index (χ0v) is 17.8. The van der Waals surface area contributed by atoms with Crippen LogP contribution in [0.15, 0.2) is 79.0 Å². The number of aromatic nitrogens is 1. The van der Waals surface area contributed by atoms with Crippen molar-refractivity contribution in [3.05, 3.63) is 90.1 Å². The van der Waals surface area contributed by atoms with Crippen LogP contribution in [0.2, 0.25) is 0 Å². The summed E-state index contributed by atoms with van der Waals surface area (Å²) < 4.78 is 0. The Morgan fingerprint density at radius 3 is 2.55 bits per heavy atom. The van der Waals surface area contributed by atoms with Gasteiger partial charge < -0.3 is 21.3 Å². The smallest absolute Gasteiger partial charge is 0.255 e. The minimum Gasteiger partial charge on any atom is -0.380 e. The zero-order valence-electron chi connectivity index (χ0n) is 17.8. The largest absolute Gasteiger partial charge is 0.380 e. The zero-order chi connectivity index (χ0) is 22.6. The van der Waals surface area contributed by atoms with E-state index in [1.54, 1.807) is 30.5 Å². The first-order valence-corrected chi connectivity index (χ1v) is 10.7. The van der Waals surface area contributed by atoms with Gasteiger partial charge in [0.1, 0.15) is 0 Å². The maximum absolute atomic E-state index is 12.8. The summed E-state index contributed by atoms with van der Waals surface area (Å²) in [7, 11) is 0. The highest BCUT2D eigenvalue weighted by Gasteiger charge is 2.15. The third-order valence-electron chi connectivity index (χ3n) is 5.57. The minimum absolute atomic E-state index is 0.186. The molecule has 0 spiro atoms. The molecule has 7 nitrogen and oxygen atoms in total. The van der Waals surface area contributed by atoms with E-state index in [-0.39, 0.29) is 5.91 Å². The average Bonchev–Trinajstić information content (AvgIpc) is 2.82. The average molecular weight is 435 g/mol. The first-order chi connectivity index (χ1) is 16.2. The number of anilines is 4. The quantitative estimate of drug-likeness (QED) is 0.357. The van der Waals surface area contributed by atoms with E-state index in [0.29, 0.717) is 17.2 Å². The van der Waals surface area contributed by atoms with Crippen LogP contribution >= 0.6 is 0 Å². The first-order valence-electron chi connectivity index (χ1n) is 10.7. The van der Waals surface area contributed by atoms with Crippen molar-refractivity contribution in [2.75, 3.05) is 29.0 Å². The van der Waals surface area contributed by atoms with Crippen molar-refractivity contribution in [2.24, 2.45) is 0 Å². The van der Waals surface area contributed by atoms with Gasteiger partial charge in [0.15, 0.2) is 0 Å². The Labute approximate surface area is 191 Å². The molecular weight excluding hydrogens is 412 g/mol. The maximum Gasteiger partial charge on any atom is 0.255 e. The van der Waals surface area contributed by atoms with E-state index in [9.17, 15) is 10.1 Å². The SMILES string of the molecule is N#Cc1ccc2nccc(Nc3cccc(C(=O)Nc4ccc(NC5CNC5)cc4)c3)c2c1. The van der Waals surface area contributed by atoms with Gasteiger partial charge in [-0.15, -0.1) is 0 Å². The van der Waals surface area contributed by atoms with Crippen LogP contribution in [0.5, 0.6) is 0 Å². The Hall–Kier alpha value is -4.41. The van der Waals surface area contributed by atoms with E-state index in [0.717, 1.165) is 46.7 Å². The first kappa shape index (κ1) is 20.5. The van der Waals surface area contributed by atoms with Gasteiger partial charge >= 0.3 is 0 Å². The number of hydrogen-bond acceptors (Lipinski definition) is 6. The van der Waals surface area contributed by atoms with E-state index in [2.05, 4.69) is 32.3 Å². The molecule has 0 aliphatic carbocycles. The summed E-state index contributed by atoms with van der Waals surface area (Å²) in [6.45, 7) is 1.94. The fourth-order valence-electron chi connectivity index (χ4n) is 3.70. The Kier molecular flexibility index (Phi) is 5.58. The molecule has 4 N–H and O–H groups in total. The van der Waals surface area contributed by atoms with Crippen LogP contribution in [-0.2, 0) is 0 Å². The number of nitrogens with zero attached hydrogens (tertiary/aromatic N) is 2. The van der Waals surface area contributed by atoms with Gasteiger partial charge in [-0.1, -0.05) is 6.07 Å². The van der Waals surface area contributed by atoms with Gasteiger partial charge in [-0.3, -0.25) is 9.78 Å². The van der Waals surface area contributed by atoms with Crippen molar-refractivity contribution < 1.29 is 4.79 Å². The van der Waals surface area contributed by atoms with E-state index in [1.807, 2.05) is 48.5 Å². The molecule has 3 aromatic carbocycles. The summed E-state index contributed by atoms with van der Waals surface area (Å²) in [6.07, 6.45) is 1.72. The number of rotatable bonds is 6. The van der Waals surface area contributed by atoms with Gasteiger partial charge in [0.05, 0.1) is 23.2 Å². The molecule has 4 aromatic rings. The van der Waals surface area contributed by atoms with Gasteiger partial charge in [0.2, 0.25) is 0 Å². The molecule has 1 saturated heterocycles. The fraction of sp³-hybridized carbons (Fsp3) is 0.115. The molecule has 1 fully saturated rings. The summed E-state index contributed by atoms with van der Waals surface area (Å²) in [6, 6.07) is 24.9. The minimum atomic E-state index is -0.186. The molecule has 5 rings (SSSR count). The van der Waals surface area contributed by atoms with Crippen LogP contribution in [0.3, 0.4) is 0 Å². The number of carbonyl (C=O) groups excluding carboxylic acids is 1. The number of fused-ring (bicyclic) bond motifs is 1. The van der Waals surface area contributed by atoms with E-state index >= 15 is 0 Å². The molecule has 0 unspecified atom stereocenters. The molecule has 1 aromatic heterocycles. The van der Waals surface area contributed by atoms with Crippen molar-refractivity contribution in [2.45, 2.75) is 6.04 Å². The number of nitriles is 1. The lowest BCUT2D eigenvalue weighted by Crippen LogP contribution is -2.51. The molecule has 2 heterocycles. The standard InChI is InChI=1S/C26H22N6O/c27-14-17-4-9-24-23(12-17)25(10-11-29-24)31-21-3-1-2-18(13-21)26(33)32-20-7-5-19(6-8-20)30-22-15-28-16-22/h1-13,22,28,30H,15-16H2,(H,29,31)(H,32,33). The summed E-state index contributed by atoms with van der Waals surface area (Å²) in [5, 5.41) is 23.0. The molecule has 0 radical (unpaired) electrons. The number of hydrogen-bond donors (Lipinski definition) is 4. The highest BCUT2D eigenvalue weighted by atomic mass is 16.1. The van der Waals surface area contributed by atoms with Crippen LogP contribution < -0.4 is 21.3 Å². The molecule has 0 atom stereocenters. The summed E-state index contributed by atoms with van der Waals surface area (Å²) in [5.74, 6) is -0.186. The fourth-order valence-corrected chi connectivity index (χ4v) is 3.70. The predicted octanol–water partition coefficient (Wildman–Crippen LogP) is 4.49. The second kappa shape index (κ2) is 8.99. The van der Waals surface area contributed by atoms with Crippen LogP contribution in [-0.4, -0.2) is 30.0 Å². The van der Waals surface area contributed by atoms with E-state index in [4.69, 9.17) is 0 Å². The van der Waals surface area contributed by atoms with Crippen molar-refractivity contribution in [3.8, 4) is 6.07 Å². The summed E-state index contributed by atoms with van der Waals surface area (Å²) in [4.78, 5) is 17.2. The van der Waals surface area contributed by atoms with Crippen LogP contribution in [0.25, 0.3) is 10.9 Å². The molecule has 1 aliphatic heterocycles. The molecule has 0 bridgehead atoms. The van der Waals surface area contributed by atoms with Gasteiger partial charge in [-0.25, -0.2) is 0 Å². The van der Waals surface area contributed by atoms with E-state index < -0.39 is 0 Å². The lowest BCUT2D eigenvalue weighted by Gasteiger charge is -2.29. The molecule has 33 heavy (non-hydrogen) atoms. The Balaban J connectivity index is 1.30. The number of carbonyl (C=O) groups is 1. The van der Waals surface area contributed by atoms with Crippen LogP contribution in [0, 0.1) is 11.3 Å². The third kappa shape index (κ3) is 4.61. The highest BCUT2D eigenvalue weighted by Crippen LogP contribution is 2.26. The lowest BCUT2D eigenvalue weighted by molar-refractivity contribution is 0.102. The van der Waals surface area contributed by atoms with Gasteiger partial charge in [0.25, 0.3) is 5.91 Å². The van der Waals surface area contributed by atoms with Gasteiger partial charge in [-0.05, 0) is 66.7 Å². The Morgan fingerprint density at radius 2 is 1.79 bits per heavy atom. The second-order valence-corrected chi connectivity index (χ2v) is 7.94. The number of benzene rings is 3. The third-order valence-corrected chi connectivity index (χ3v) is 5.57. The summed E-state index contributed by atoms with van der Waals surface area (Å²) in [5.41, 5.74) is 5.26. The van der Waals surface area contributed by atoms with Crippen molar-refractivity contribution in [1.29, 1.82) is 5.26 Å². The van der Waals surface area contributed by atoms with Crippen LogP contribution in [0.4, 0.5) is 22.7 Å². The normalized spacial score (nSPS) is 13.1. The molecule has 7 heteroatoms. The predicted molar refractivity (Wildman–Crippen MR) is 131 cm³/mol. The van der Waals surface area contributed by atoms with Crippen molar-refractivity contribution >= 4 is 39.6 Å². The van der Waals surface area contributed by atoms with Gasteiger partial charge in [-0.2, -0.15) is 5.26 Å². The highest BCUT2D eigenvalue weighted by molar-refractivity contribution is 6.05. The van der Waals surface area contributed by atoms with Crippen LogP contribution in [0.1, 0.15) is 15.9 Å². The molecule has 0 saturated carbocycles. The van der Waals surface area contributed by atoms with Crippen molar-refractivity contribution in [3.63, 3.8) is 0 Å². The van der Waals surface area contributed by atoms with Gasteiger partial charge in [0, 0.05) is 53.0 Å². The number of pyridine rings is 1. The van der Waals surface area contributed by atoms with Crippen molar-refractivity contribution in [1.82, 2.24) is 10.3 Å². The Morgan fingerprint density at radius 1 is 0.970 bits per heavy atom. The Bertz CT molecular complexity index is 1360. The molecule has 162 valence electrons. The number of amides is 1. The number of nitrogens with one attached hydrogen (secondary N) is 4. The monoisotopic (exact) mass is 434 g/mol. The maximum atomic E-state index is 12.8. The summed E-state index contributed by atoms with van der Waals surface area (Å²) >= 11 is 0. The molecule has 1 aliphatic rings. The molecule has 1 amide bonds. The lowest BCUT2D eigenvalue weighted by atomic mass is 10.1.